The Hall–Kier alpha value is -2.24. The standard InChI is InChI=1S/C21H28F3N3O2/c1-2-25-20(27-11-5-12-28-15-18-9-13-29-16-18)26-10-4-7-17-6-3-8-19(14-17)21(22,23)24/h3,6,8,14,18H,2,5,9-13,15-16H2,1H3,(H2,25,26,27). The molecule has 1 unspecified atom stereocenters. The molecule has 8 heteroatoms. The molecule has 1 heterocycles. The predicted molar refractivity (Wildman–Crippen MR) is 107 cm³/mol. The number of rotatable bonds is 8. The van der Waals surface area contributed by atoms with Crippen molar-refractivity contribution in [3.63, 3.8) is 0 Å². The van der Waals surface area contributed by atoms with E-state index in [1.807, 2.05) is 6.92 Å². The molecule has 0 amide bonds. The van der Waals surface area contributed by atoms with Crippen LogP contribution in [0.25, 0.3) is 0 Å². The van der Waals surface area contributed by atoms with E-state index in [2.05, 4.69) is 27.5 Å². The second kappa shape index (κ2) is 12.3. The average Bonchev–Trinajstić information content (AvgIpc) is 3.21. The summed E-state index contributed by atoms with van der Waals surface area (Å²) in [7, 11) is 0. The van der Waals surface area contributed by atoms with Gasteiger partial charge in [0.2, 0.25) is 0 Å². The first kappa shape index (κ1) is 23.0. The third-order valence-corrected chi connectivity index (χ3v) is 4.21. The number of hydrogen-bond donors (Lipinski definition) is 2. The van der Waals surface area contributed by atoms with Crippen LogP contribution in [0.2, 0.25) is 0 Å². The summed E-state index contributed by atoms with van der Waals surface area (Å²) in [5.41, 5.74) is -0.372. The van der Waals surface area contributed by atoms with Crippen molar-refractivity contribution in [2.24, 2.45) is 10.9 Å². The number of hydrogen-bond acceptors (Lipinski definition) is 3. The molecule has 2 rings (SSSR count). The van der Waals surface area contributed by atoms with Crippen molar-refractivity contribution in [2.75, 3.05) is 46.1 Å². The maximum atomic E-state index is 12.7. The lowest BCUT2D eigenvalue weighted by molar-refractivity contribution is -0.137. The van der Waals surface area contributed by atoms with E-state index in [1.165, 1.54) is 6.07 Å². The van der Waals surface area contributed by atoms with Crippen molar-refractivity contribution in [1.29, 1.82) is 0 Å². The molecule has 1 aliphatic rings. The Labute approximate surface area is 170 Å². The molecule has 5 nitrogen and oxygen atoms in total. The summed E-state index contributed by atoms with van der Waals surface area (Å²) in [4.78, 5) is 4.45. The molecule has 0 spiro atoms. The van der Waals surface area contributed by atoms with Crippen molar-refractivity contribution in [2.45, 2.75) is 25.9 Å². The third-order valence-electron chi connectivity index (χ3n) is 4.21. The zero-order valence-electron chi connectivity index (χ0n) is 16.6. The number of benzene rings is 1. The lowest BCUT2D eigenvalue weighted by Gasteiger charge is -2.10. The van der Waals surface area contributed by atoms with E-state index in [0.29, 0.717) is 37.1 Å². The molecule has 1 aliphatic heterocycles. The summed E-state index contributed by atoms with van der Waals surface area (Å²) in [6, 6.07) is 4.99. The van der Waals surface area contributed by atoms with Crippen molar-refractivity contribution in [3.05, 3.63) is 35.4 Å². The van der Waals surface area contributed by atoms with Crippen LogP contribution < -0.4 is 10.6 Å². The van der Waals surface area contributed by atoms with Crippen LogP contribution in [0, 0.1) is 17.8 Å². The van der Waals surface area contributed by atoms with Gasteiger partial charge < -0.3 is 20.1 Å². The van der Waals surface area contributed by atoms with E-state index in [4.69, 9.17) is 9.47 Å². The molecule has 1 saturated heterocycles. The maximum absolute atomic E-state index is 12.7. The molecule has 1 aromatic rings. The highest BCUT2D eigenvalue weighted by molar-refractivity contribution is 5.80. The fourth-order valence-corrected chi connectivity index (χ4v) is 2.71. The van der Waals surface area contributed by atoms with Gasteiger partial charge in [0.15, 0.2) is 5.96 Å². The average molecular weight is 411 g/mol. The van der Waals surface area contributed by atoms with Gasteiger partial charge in [0.05, 0.1) is 25.3 Å². The quantitative estimate of drug-likeness (QED) is 0.299. The summed E-state index contributed by atoms with van der Waals surface area (Å²) in [6.07, 6.45) is -2.50. The summed E-state index contributed by atoms with van der Waals surface area (Å²) < 4.78 is 49.1. The topological polar surface area (TPSA) is 54.9 Å². The first-order chi connectivity index (χ1) is 14.0. The molecule has 160 valence electrons. The molecule has 1 atom stereocenters. The molecule has 0 aliphatic carbocycles. The highest BCUT2D eigenvalue weighted by Crippen LogP contribution is 2.29. The fraction of sp³-hybridized carbons (Fsp3) is 0.571. The largest absolute Gasteiger partial charge is 0.416 e. The van der Waals surface area contributed by atoms with Crippen molar-refractivity contribution in [3.8, 4) is 11.8 Å². The Morgan fingerprint density at radius 3 is 2.93 bits per heavy atom. The zero-order valence-corrected chi connectivity index (χ0v) is 16.6. The number of nitrogens with one attached hydrogen (secondary N) is 2. The van der Waals surface area contributed by atoms with Crippen LogP contribution in [-0.2, 0) is 15.7 Å². The molecule has 1 aromatic carbocycles. The monoisotopic (exact) mass is 411 g/mol. The molecule has 2 N–H and O–H groups in total. The van der Waals surface area contributed by atoms with Crippen LogP contribution in [0.15, 0.2) is 29.3 Å². The fourth-order valence-electron chi connectivity index (χ4n) is 2.71. The number of ether oxygens (including phenoxy) is 2. The number of alkyl halides is 3. The number of aliphatic imine (C=N–C) groups is 1. The van der Waals surface area contributed by atoms with E-state index in [-0.39, 0.29) is 6.54 Å². The van der Waals surface area contributed by atoms with Gasteiger partial charge in [-0.05, 0) is 38.0 Å². The van der Waals surface area contributed by atoms with Crippen molar-refractivity contribution >= 4 is 5.96 Å². The number of guanidine groups is 1. The lowest BCUT2D eigenvalue weighted by atomic mass is 10.1. The van der Waals surface area contributed by atoms with Gasteiger partial charge in [-0.3, -0.25) is 4.99 Å². The minimum absolute atomic E-state index is 0.278. The molecule has 0 radical (unpaired) electrons. The van der Waals surface area contributed by atoms with Gasteiger partial charge in [-0.25, -0.2) is 0 Å². The van der Waals surface area contributed by atoms with Crippen LogP contribution in [0.4, 0.5) is 13.2 Å². The molecular weight excluding hydrogens is 383 g/mol. The molecule has 0 bridgehead atoms. The highest BCUT2D eigenvalue weighted by atomic mass is 19.4. The van der Waals surface area contributed by atoms with Gasteiger partial charge in [0.1, 0.15) is 0 Å². The molecule has 29 heavy (non-hydrogen) atoms. The SMILES string of the molecule is CCNC(=NCCCOCC1CCOC1)NCC#Cc1cccc(C(F)(F)F)c1. The number of nitrogens with zero attached hydrogens (tertiary/aromatic N) is 1. The first-order valence-corrected chi connectivity index (χ1v) is 9.83. The zero-order chi connectivity index (χ0) is 21.0. The van der Waals surface area contributed by atoms with Crippen LogP contribution >= 0.6 is 0 Å². The minimum atomic E-state index is -4.37. The molecule has 1 fully saturated rings. The van der Waals surface area contributed by atoms with E-state index in [1.54, 1.807) is 6.07 Å². The van der Waals surface area contributed by atoms with Crippen LogP contribution in [0.5, 0.6) is 0 Å². The summed E-state index contributed by atoms with van der Waals surface area (Å²) >= 11 is 0. The molecule has 0 saturated carbocycles. The van der Waals surface area contributed by atoms with Crippen molar-refractivity contribution in [1.82, 2.24) is 10.6 Å². The van der Waals surface area contributed by atoms with Crippen LogP contribution in [0.1, 0.15) is 30.9 Å². The van der Waals surface area contributed by atoms with Gasteiger partial charge in [0.25, 0.3) is 0 Å². The maximum Gasteiger partial charge on any atom is 0.416 e. The van der Waals surface area contributed by atoms with Gasteiger partial charge >= 0.3 is 6.18 Å². The highest BCUT2D eigenvalue weighted by Gasteiger charge is 2.30. The Balaban J connectivity index is 1.71. The number of halogens is 3. The van der Waals surface area contributed by atoms with E-state index < -0.39 is 11.7 Å². The van der Waals surface area contributed by atoms with E-state index >= 15 is 0 Å². The second-order valence-electron chi connectivity index (χ2n) is 6.65. The Morgan fingerprint density at radius 2 is 2.21 bits per heavy atom. The Kier molecular flexibility index (Phi) is 9.81. The predicted octanol–water partition coefficient (Wildman–Crippen LogP) is 3.06. The van der Waals surface area contributed by atoms with Gasteiger partial charge in [-0.2, -0.15) is 13.2 Å². The molecular formula is C21H28F3N3O2. The van der Waals surface area contributed by atoms with E-state index in [0.717, 1.165) is 44.8 Å². The van der Waals surface area contributed by atoms with Gasteiger partial charge in [0, 0.05) is 37.8 Å². The second-order valence-corrected chi connectivity index (χ2v) is 6.65. The Bertz CT molecular complexity index is 705. The minimum Gasteiger partial charge on any atom is -0.381 e. The van der Waals surface area contributed by atoms with Gasteiger partial charge in [-0.1, -0.05) is 17.9 Å². The summed E-state index contributed by atoms with van der Waals surface area (Å²) in [6.45, 7) is 6.53. The van der Waals surface area contributed by atoms with Crippen LogP contribution in [0.3, 0.4) is 0 Å². The lowest BCUT2D eigenvalue weighted by Crippen LogP contribution is -2.37. The molecule has 0 aromatic heterocycles. The normalized spacial score (nSPS) is 17.0. The first-order valence-electron chi connectivity index (χ1n) is 9.83. The Morgan fingerprint density at radius 1 is 1.34 bits per heavy atom. The summed E-state index contributed by atoms with van der Waals surface area (Å²) in [5, 5.41) is 6.17. The smallest absolute Gasteiger partial charge is 0.381 e. The van der Waals surface area contributed by atoms with Gasteiger partial charge in [-0.15, -0.1) is 0 Å². The third kappa shape index (κ3) is 9.20. The van der Waals surface area contributed by atoms with Crippen molar-refractivity contribution < 1.29 is 22.6 Å². The van der Waals surface area contributed by atoms with Crippen LogP contribution in [-0.4, -0.2) is 52.0 Å². The van der Waals surface area contributed by atoms with E-state index in [9.17, 15) is 13.2 Å². The summed E-state index contributed by atoms with van der Waals surface area (Å²) in [5.74, 6) is 6.69.